The molecule has 2 aromatic rings. The van der Waals surface area contributed by atoms with Crippen molar-refractivity contribution in [3.63, 3.8) is 0 Å². The highest BCUT2D eigenvalue weighted by Crippen LogP contribution is 2.40. The van der Waals surface area contributed by atoms with E-state index in [1.807, 2.05) is 54.5 Å². The minimum atomic E-state index is -1.12. The number of hydrogen-bond donors (Lipinski definition) is 2. The second-order valence-corrected chi connectivity index (χ2v) is 8.91. The Hall–Kier alpha value is -2.18. The molecule has 0 radical (unpaired) electrons. The van der Waals surface area contributed by atoms with Gasteiger partial charge in [-0.3, -0.25) is 9.59 Å². The molecule has 5 nitrogen and oxygen atoms in total. The van der Waals surface area contributed by atoms with Gasteiger partial charge in [0.25, 0.3) is 5.91 Å². The number of amides is 2. The summed E-state index contributed by atoms with van der Waals surface area (Å²) >= 11 is 1.55. The van der Waals surface area contributed by atoms with Crippen LogP contribution in [0.4, 0.5) is 0 Å². The van der Waals surface area contributed by atoms with Crippen LogP contribution in [0, 0.1) is 5.92 Å². The lowest BCUT2D eigenvalue weighted by atomic mass is 9.80. The summed E-state index contributed by atoms with van der Waals surface area (Å²) in [6.07, 6.45) is 1.97. The van der Waals surface area contributed by atoms with Gasteiger partial charge in [0, 0.05) is 22.9 Å². The van der Waals surface area contributed by atoms with E-state index in [9.17, 15) is 14.7 Å². The number of piperidine rings is 1. The van der Waals surface area contributed by atoms with Gasteiger partial charge < -0.3 is 15.3 Å². The molecule has 3 rings (SSSR count). The smallest absolute Gasteiger partial charge is 0.251 e. The van der Waals surface area contributed by atoms with Crippen LogP contribution in [0.1, 0.15) is 61.3 Å². The van der Waals surface area contributed by atoms with Crippen LogP contribution in [0.2, 0.25) is 0 Å². The van der Waals surface area contributed by atoms with Crippen LogP contribution in [0.25, 0.3) is 0 Å². The maximum absolute atomic E-state index is 13.3. The third-order valence-corrected chi connectivity index (χ3v) is 6.90. The lowest BCUT2D eigenvalue weighted by Gasteiger charge is -2.49. The van der Waals surface area contributed by atoms with Crippen molar-refractivity contribution in [2.45, 2.75) is 57.7 Å². The zero-order chi connectivity index (χ0) is 21.0. The molecule has 0 saturated carbocycles. The van der Waals surface area contributed by atoms with E-state index in [4.69, 9.17) is 0 Å². The Balaban J connectivity index is 1.97. The zero-order valence-corrected chi connectivity index (χ0v) is 18.1. The number of rotatable bonds is 6. The highest BCUT2D eigenvalue weighted by atomic mass is 32.1. The summed E-state index contributed by atoms with van der Waals surface area (Å²) in [6, 6.07) is 11.9. The molecule has 3 atom stereocenters. The molecule has 2 N–H and O–H groups in total. The van der Waals surface area contributed by atoms with Gasteiger partial charge in [-0.25, -0.2) is 0 Å². The molecular formula is C23H30N2O3S. The van der Waals surface area contributed by atoms with E-state index in [-0.39, 0.29) is 23.8 Å². The maximum atomic E-state index is 13.3. The van der Waals surface area contributed by atoms with Gasteiger partial charge in [0.1, 0.15) is 0 Å². The molecule has 29 heavy (non-hydrogen) atoms. The highest BCUT2D eigenvalue weighted by Gasteiger charge is 2.48. The van der Waals surface area contributed by atoms with E-state index in [1.54, 1.807) is 30.4 Å². The van der Waals surface area contributed by atoms with Crippen LogP contribution in [-0.4, -0.2) is 40.0 Å². The van der Waals surface area contributed by atoms with Crippen LogP contribution in [-0.2, 0) is 4.79 Å². The van der Waals surface area contributed by atoms with Crippen molar-refractivity contribution in [1.29, 1.82) is 0 Å². The monoisotopic (exact) mass is 414 g/mol. The van der Waals surface area contributed by atoms with Crippen LogP contribution < -0.4 is 5.32 Å². The van der Waals surface area contributed by atoms with Gasteiger partial charge >= 0.3 is 0 Å². The molecule has 0 aliphatic carbocycles. The fourth-order valence-electron chi connectivity index (χ4n) is 4.11. The molecule has 156 valence electrons. The number of likely N-dealkylation sites (tertiary alicyclic amines) is 1. The molecule has 6 heteroatoms. The number of thiophene rings is 1. The van der Waals surface area contributed by atoms with Crippen LogP contribution in [0.5, 0.6) is 0 Å². The number of benzene rings is 1. The van der Waals surface area contributed by atoms with Crippen molar-refractivity contribution in [2.24, 2.45) is 5.92 Å². The standard InChI is InChI=1S/C23H30N2O3S/c1-4-16(5-2)22(27)25-14-13-23(3,28)20(19(25)18-12-9-15-29-18)24-21(26)17-10-7-6-8-11-17/h6-12,15-16,19-20,28H,4-5,13-14H2,1-3H3,(H,24,26). The van der Waals surface area contributed by atoms with Gasteiger partial charge in [0.15, 0.2) is 0 Å². The Morgan fingerprint density at radius 2 is 1.90 bits per heavy atom. The number of aliphatic hydroxyl groups is 1. The Morgan fingerprint density at radius 3 is 2.48 bits per heavy atom. The summed E-state index contributed by atoms with van der Waals surface area (Å²) in [5.74, 6) is -0.192. The fourth-order valence-corrected chi connectivity index (χ4v) is 4.98. The average molecular weight is 415 g/mol. The van der Waals surface area contributed by atoms with Crippen LogP contribution in [0.3, 0.4) is 0 Å². The molecule has 1 aromatic carbocycles. The second-order valence-electron chi connectivity index (χ2n) is 7.93. The third-order valence-electron chi connectivity index (χ3n) is 5.96. The van der Waals surface area contributed by atoms with Crippen molar-refractivity contribution >= 4 is 23.2 Å². The Bertz CT molecular complexity index is 816. The third kappa shape index (κ3) is 4.54. The molecule has 1 fully saturated rings. The number of carbonyl (C=O) groups is 2. The molecular weight excluding hydrogens is 384 g/mol. The first-order valence-electron chi connectivity index (χ1n) is 10.3. The average Bonchev–Trinajstić information content (AvgIpc) is 3.25. The number of carbonyl (C=O) groups excluding carboxylic acids is 2. The summed E-state index contributed by atoms with van der Waals surface area (Å²) in [5, 5.41) is 16.2. The second kappa shape index (κ2) is 9.09. The summed E-state index contributed by atoms with van der Waals surface area (Å²) in [4.78, 5) is 29.1. The predicted octanol–water partition coefficient (Wildman–Crippen LogP) is 4.01. The first-order valence-corrected chi connectivity index (χ1v) is 11.2. The zero-order valence-electron chi connectivity index (χ0n) is 17.3. The fraction of sp³-hybridized carbons (Fsp3) is 0.478. The lowest BCUT2D eigenvalue weighted by molar-refractivity contribution is -0.147. The van der Waals surface area contributed by atoms with Crippen molar-refractivity contribution in [1.82, 2.24) is 10.2 Å². The van der Waals surface area contributed by atoms with E-state index >= 15 is 0 Å². The maximum Gasteiger partial charge on any atom is 0.251 e. The minimum Gasteiger partial charge on any atom is -0.388 e. The van der Waals surface area contributed by atoms with Crippen molar-refractivity contribution in [3.05, 3.63) is 58.3 Å². The molecule has 1 aliphatic heterocycles. The van der Waals surface area contributed by atoms with E-state index in [2.05, 4.69) is 5.32 Å². The Kier molecular flexibility index (Phi) is 6.75. The molecule has 3 unspecified atom stereocenters. The van der Waals surface area contributed by atoms with Gasteiger partial charge in [0.2, 0.25) is 5.91 Å². The Morgan fingerprint density at radius 1 is 1.21 bits per heavy atom. The van der Waals surface area contributed by atoms with Gasteiger partial charge in [0.05, 0.1) is 17.7 Å². The SMILES string of the molecule is CCC(CC)C(=O)N1CCC(C)(O)C(NC(=O)c2ccccc2)C1c1cccs1. The minimum absolute atomic E-state index is 0.0500. The van der Waals surface area contributed by atoms with E-state index in [1.165, 1.54) is 0 Å². The van der Waals surface area contributed by atoms with Crippen molar-refractivity contribution < 1.29 is 14.7 Å². The van der Waals surface area contributed by atoms with Gasteiger partial charge in [-0.1, -0.05) is 38.1 Å². The van der Waals surface area contributed by atoms with Crippen molar-refractivity contribution in [2.75, 3.05) is 6.54 Å². The predicted molar refractivity (Wildman–Crippen MR) is 116 cm³/mol. The largest absolute Gasteiger partial charge is 0.388 e. The summed E-state index contributed by atoms with van der Waals surface area (Å²) in [7, 11) is 0. The molecule has 1 saturated heterocycles. The topological polar surface area (TPSA) is 69.6 Å². The van der Waals surface area contributed by atoms with E-state index < -0.39 is 11.6 Å². The first kappa shape index (κ1) is 21.5. The molecule has 0 bridgehead atoms. The van der Waals surface area contributed by atoms with Gasteiger partial charge in [-0.05, 0) is 49.8 Å². The lowest BCUT2D eigenvalue weighted by Crippen LogP contribution is -2.63. The molecule has 0 spiro atoms. The number of hydrogen-bond acceptors (Lipinski definition) is 4. The van der Waals surface area contributed by atoms with Gasteiger partial charge in [-0.2, -0.15) is 0 Å². The molecule has 1 aromatic heterocycles. The first-order chi connectivity index (χ1) is 13.9. The highest BCUT2D eigenvalue weighted by molar-refractivity contribution is 7.10. The molecule has 2 amide bonds. The Labute approximate surface area is 176 Å². The van der Waals surface area contributed by atoms with Crippen LogP contribution in [0.15, 0.2) is 47.8 Å². The summed E-state index contributed by atoms with van der Waals surface area (Å²) in [5.41, 5.74) is -0.583. The van der Waals surface area contributed by atoms with E-state index in [0.29, 0.717) is 18.5 Å². The van der Waals surface area contributed by atoms with E-state index in [0.717, 1.165) is 17.7 Å². The molecule has 2 heterocycles. The summed E-state index contributed by atoms with van der Waals surface area (Å²) < 4.78 is 0. The molecule has 1 aliphatic rings. The normalized spacial score (nSPS) is 24.5. The number of nitrogens with zero attached hydrogens (tertiary/aromatic N) is 1. The summed E-state index contributed by atoms with van der Waals surface area (Å²) in [6.45, 7) is 6.28. The van der Waals surface area contributed by atoms with Crippen molar-refractivity contribution in [3.8, 4) is 0 Å². The van der Waals surface area contributed by atoms with Gasteiger partial charge in [-0.15, -0.1) is 11.3 Å². The number of nitrogens with one attached hydrogen (secondary N) is 1. The quantitative estimate of drug-likeness (QED) is 0.750. The van der Waals surface area contributed by atoms with Crippen LogP contribution >= 0.6 is 11.3 Å².